The van der Waals surface area contributed by atoms with E-state index in [4.69, 9.17) is 10.1 Å². The molecule has 0 atom stereocenters. The Balaban J connectivity index is 2.09. The lowest BCUT2D eigenvalue weighted by Gasteiger charge is -2.45. The maximum atomic E-state index is 8.56. The fourth-order valence-electron chi connectivity index (χ4n) is 3.29. The van der Waals surface area contributed by atoms with E-state index < -0.39 is 0 Å². The highest BCUT2D eigenvalue weighted by molar-refractivity contribution is 5.88. The molecule has 0 aromatic heterocycles. The standard InChI is InChI=1S/C15H28N2O/c1-4-18-15(9-7-14(2,3)8-10-15)13(16)17-11-5-6-12-17/h16H,4-12H2,1-3H3. The molecule has 18 heavy (non-hydrogen) atoms. The van der Waals surface area contributed by atoms with Gasteiger partial charge in [-0.05, 0) is 50.9 Å². The second kappa shape index (κ2) is 5.20. The van der Waals surface area contributed by atoms with Gasteiger partial charge in [-0.1, -0.05) is 13.8 Å². The van der Waals surface area contributed by atoms with Crippen LogP contribution >= 0.6 is 0 Å². The molecule has 0 amide bonds. The Hall–Kier alpha value is -0.570. The summed E-state index contributed by atoms with van der Waals surface area (Å²) in [4.78, 5) is 2.24. The van der Waals surface area contributed by atoms with Crippen molar-refractivity contribution in [1.82, 2.24) is 4.90 Å². The Morgan fingerprint density at radius 2 is 1.67 bits per heavy atom. The molecule has 2 fully saturated rings. The van der Waals surface area contributed by atoms with Crippen molar-refractivity contribution in [2.45, 2.75) is 64.9 Å². The lowest BCUT2D eigenvalue weighted by atomic mass is 9.70. The van der Waals surface area contributed by atoms with E-state index in [1.165, 1.54) is 25.7 Å². The molecule has 0 radical (unpaired) electrons. The number of nitrogens with zero attached hydrogens (tertiary/aromatic N) is 1. The van der Waals surface area contributed by atoms with Gasteiger partial charge in [-0.25, -0.2) is 0 Å². The lowest BCUT2D eigenvalue weighted by molar-refractivity contribution is -0.0406. The molecular weight excluding hydrogens is 224 g/mol. The largest absolute Gasteiger partial charge is 0.367 e. The van der Waals surface area contributed by atoms with Gasteiger partial charge < -0.3 is 9.64 Å². The van der Waals surface area contributed by atoms with Crippen molar-refractivity contribution in [3.05, 3.63) is 0 Å². The molecule has 104 valence electrons. The van der Waals surface area contributed by atoms with Crippen LogP contribution in [0, 0.1) is 10.8 Å². The predicted octanol–water partition coefficient (Wildman–Crippen LogP) is 3.43. The van der Waals surface area contributed by atoms with Crippen molar-refractivity contribution >= 4 is 5.84 Å². The number of rotatable bonds is 3. The second-order valence-electron chi connectivity index (χ2n) is 6.63. The smallest absolute Gasteiger partial charge is 0.129 e. The van der Waals surface area contributed by atoms with E-state index in [1.54, 1.807) is 0 Å². The average Bonchev–Trinajstić information content (AvgIpc) is 2.85. The van der Waals surface area contributed by atoms with Crippen LogP contribution < -0.4 is 0 Å². The van der Waals surface area contributed by atoms with Gasteiger partial charge in [0.1, 0.15) is 11.4 Å². The van der Waals surface area contributed by atoms with Crippen LogP contribution in [-0.2, 0) is 4.74 Å². The van der Waals surface area contributed by atoms with E-state index in [-0.39, 0.29) is 5.60 Å². The van der Waals surface area contributed by atoms with Crippen LogP contribution in [0.5, 0.6) is 0 Å². The minimum Gasteiger partial charge on any atom is -0.367 e. The normalized spacial score (nSPS) is 26.3. The molecule has 1 aliphatic carbocycles. The van der Waals surface area contributed by atoms with E-state index in [2.05, 4.69) is 25.7 Å². The van der Waals surface area contributed by atoms with Crippen LogP contribution in [0.2, 0.25) is 0 Å². The SMILES string of the molecule is CCOC1(C(=N)N2CCCC2)CCC(C)(C)CC1. The van der Waals surface area contributed by atoms with Gasteiger partial charge in [0.05, 0.1) is 0 Å². The third-order valence-corrected chi connectivity index (χ3v) is 4.69. The van der Waals surface area contributed by atoms with Gasteiger partial charge in [0.25, 0.3) is 0 Å². The third-order valence-electron chi connectivity index (χ3n) is 4.69. The molecule has 0 spiro atoms. The maximum Gasteiger partial charge on any atom is 0.129 e. The summed E-state index contributed by atoms with van der Waals surface area (Å²) in [5, 5.41) is 8.56. The predicted molar refractivity (Wildman–Crippen MR) is 75.1 cm³/mol. The van der Waals surface area contributed by atoms with E-state index in [9.17, 15) is 0 Å². The first kappa shape index (κ1) is 13.9. The minimum atomic E-state index is -0.283. The number of hydrogen-bond donors (Lipinski definition) is 1. The van der Waals surface area contributed by atoms with Gasteiger partial charge in [0.15, 0.2) is 0 Å². The van der Waals surface area contributed by atoms with Gasteiger partial charge in [-0.3, -0.25) is 5.41 Å². The number of likely N-dealkylation sites (tertiary alicyclic amines) is 1. The van der Waals surface area contributed by atoms with Gasteiger partial charge in [0, 0.05) is 19.7 Å². The van der Waals surface area contributed by atoms with Crippen LogP contribution in [-0.4, -0.2) is 36.0 Å². The van der Waals surface area contributed by atoms with Crippen LogP contribution in [0.4, 0.5) is 0 Å². The Morgan fingerprint density at radius 3 is 2.17 bits per heavy atom. The second-order valence-corrected chi connectivity index (χ2v) is 6.63. The quantitative estimate of drug-likeness (QED) is 0.617. The number of hydrogen-bond acceptors (Lipinski definition) is 2. The highest BCUT2D eigenvalue weighted by Crippen LogP contribution is 2.43. The van der Waals surface area contributed by atoms with Crippen molar-refractivity contribution in [1.29, 1.82) is 5.41 Å². The van der Waals surface area contributed by atoms with Crippen molar-refractivity contribution < 1.29 is 4.74 Å². The molecule has 0 unspecified atom stereocenters. The topological polar surface area (TPSA) is 36.3 Å². The fraction of sp³-hybridized carbons (Fsp3) is 0.933. The summed E-state index contributed by atoms with van der Waals surface area (Å²) in [6, 6.07) is 0. The van der Waals surface area contributed by atoms with E-state index in [1.807, 2.05) is 0 Å². The van der Waals surface area contributed by atoms with Crippen LogP contribution in [0.3, 0.4) is 0 Å². The summed E-state index contributed by atoms with van der Waals surface area (Å²) >= 11 is 0. The molecule has 3 nitrogen and oxygen atoms in total. The molecule has 2 aliphatic rings. The molecule has 3 heteroatoms. The number of amidine groups is 1. The van der Waals surface area contributed by atoms with Gasteiger partial charge in [-0.2, -0.15) is 0 Å². The summed E-state index contributed by atoms with van der Waals surface area (Å²) < 4.78 is 6.07. The molecule has 1 N–H and O–H groups in total. The molecular formula is C15H28N2O. The Labute approximate surface area is 111 Å². The highest BCUT2D eigenvalue weighted by Gasteiger charge is 2.44. The summed E-state index contributed by atoms with van der Waals surface area (Å²) in [5.74, 6) is 0.761. The Kier molecular flexibility index (Phi) is 4.00. The van der Waals surface area contributed by atoms with Gasteiger partial charge in [0.2, 0.25) is 0 Å². The van der Waals surface area contributed by atoms with Crippen molar-refractivity contribution in [3.8, 4) is 0 Å². The Bertz CT molecular complexity index is 296. The van der Waals surface area contributed by atoms with E-state index >= 15 is 0 Å². The molecule has 2 rings (SSSR count). The van der Waals surface area contributed by atoms with Crippen molar-refractivity contribution in [3.63, 3.8) is 0 Å². The first-order chi connectivity index (χ1) is 8.49. The average molecular weight is 252 g/mol. The molecule has 0 bridgehead atoms. The third kappa shape index (κ3) is 2.71. The van der Waals surface area contributed by atoms with Crippen LogP contribution in [0.1, 0.15) is 59.3 Å². The molecule has 0 aromatic rings. The number of nitrogens with one attached hydrogen (secondary N) is 1. The summed E-state index contributed by atoms with van der Waals surface area (Å²) in [7, 11) is 0. The monoisotopic (exact) mass is 252 g/mol. The molecule has 1 heterocycles. The molecule has 1 aliphatic heterocycles. The zero-order valence-corrected chi connectivity index (χ0v) is 12.2. The summed E-state index contributed by atoms with van der Waals surface area (Å²) in [5.41, 5.74) is 0.139. The van der Waals surface area contributed by atoms with Crippen LogP contribution in [0.15, 0.2) is 0 Å². The first-order valence-corrected chi connectivity index (χ1v) is 7.47. The van der Waals surface area contributed by atoms with Crippen molar-refractivity contribution in [2.24, 2.45) is 5.41 Å². The molecule has 1 saturated carbocycles. The summed E-state index contributed by atoms with van der Waals surface area (Å²) in [6.45, 7) is 9.55. The minimum absolute atomic E-state index is 0.283. The molecule has 0 aromatic carbocycles. The summed E-state index contributed by atoms with van der Waals surface area (Å²) in [6.07, 6.45) is 6.84. The number of ether oxygens (including phenoxy) is 1. The Morgan fingerprint density at radius 1 is 1.11 bits per heavy atom. The van der Waals surface area contributed by atoms with Crippen LogP contribution in [0.25, 0.3) is 0 Å². The fourth-order valence-corrected chi connectivity index (χ4v) is 3.29. The van der Waals surface area contributed by atoms with Gasteiger partial charge in [-0.15, -0.1) is 0 Å². The highest BCUT2D eigenvalue weighted by atomic mass is 16.5. The molecule has 1 saturated heterocycles. The van der Waals surface area contributed by atoms with Crippen molar-refractivity contribution in [2.75, 3.05) is 19.7 Å². The lowest BCUT2D eigenvalue weighted by Crippen LogP contribution is -2.52. The zero-order valence-electron chi connectivity index (χ0n) is 12.2. The van der Waals surface area contributed by atoms with E-state index in [0.29, 0.717) is 5.41 Å². The maximum absolute atomic E-state index is 8.56. The van der Waals surface area contributed by atoms with E-state index in [0.717, 1.165) is 38.4 Å². The van der Waals surface area contributed by atoms with Gasteiger partial charge >= 0.3 is 0 Å². The first-order valence-electron chi connectivity index (χ1n) is 7.47. The zero-order chi connectivity index (χ0) is 13.2.